The predicted octanol–water partition coefficient (Wildman–Crippen LogP) is 0.214. The van der Waals surface area contributed by atoms with Crippen LogP contribution in [0.5, 0.6) is 0 Å². The quantitative estimate of drug-likeness (QED) is 0.604. The molecule has 1 unspecified atom stereocenters. The lowest BCUT2D eigenvalue weighted by atomic mass is 10.2. The first-order valence-corrected chi connectivity index (χ1v) is 7.58. The minimum atomic E-state index is -3.11. The van der Waals surface area contributed by atoms with Gasteiger partial charge >= 0.3 is 0 Å². The van der Waals surface area contributed by atoms with Crippen molar-refractivity contribution in [3.63, 3.8) is 0 Å². The van der Waals surface area contributed by atoms with Crippen LogP contribution >= 0.6 is 0 Å². The molecule has 0 spiro atoms. The number of sulfonamides is 1. The highest BCUT2D eigenvalue weighted by Crippen LogP contribution is 2.14. The van der Waals surface area contributed by atoms with Crippen LogP contribution in [0.15, 0.2) is 0 Å². The summed E-state index contributed by atoms with van der Waals surface area (Å²) in [4.78, 5) is 0. The molecular formula is C10H22N2O3S. The van der Waals surface area contributed by atoms with Gasteiger partial charge in [-0.1, -0.05) is 0 Å². The first-order chi connectivity index (χ1) is 7.64. The molecule has 0 bridgehead atoms. The highest BCUT2D eigenvalue weighted by Gasteiger charge is 2.16. The number of unbranched alkanes of at least 4 members (excludes halogenated alkanes) is 1. The van der Waals surface area contributed by atoms with E-state index in [0.29, 0.717) is 19.5 Å². The van der Waals surface area contributed by atoms with Crippen molar-refractivity contribution >= 4 is 10.0 Å². The Morgan fingerprint density at radius 1 is 1.38 bits per heavy atom. The van der Waals surface area contributed by atoms with Crippen LogP contribution in [-0.4, -0.2) is 40.0 Å². The molecular weight excluding hydrogens is 228 g/mol. The van der Waals surface area contributed by atoms with Crippen molar-refractivity contribution in [1.29, 1.82) is 0 Å². The van der Waals surface area contributed by atoms with Crippen LogP contribution in [0.4, 0.5) is 0 Å². The van der Waals surface area contributed by atoms with Crippen molar-refractivity contribution in [3.8, 4) is 0 Å². The summed E-state index contributed by atoms with van der Waals surface area (Å²) in [7, 11) is -3.11. The molecule has 0 amide bonds. The summed E-state index contributed by atoms with van der Waals surface area (Å²) in [5.74, 6) is 0.176. The van der Waals surface area contributed by atoms with Crippen molar-refractivity contribution < 1.29 is 13.2 Å². The first-order valence-electron chi connectivity index (χ1n) is 5.93. The van der Waals surface area contributed by atoms with Gasteiger partial charge in [0.05, 0.1) is 11.9 Å². The van der Waals surface area contributed by atoms with Crippen LogP contribution in [0.3, 0.4) is 0 Å². The zero-order valence-corrected chi connectivity index (χ0v) is 10.5. The Labute approximate surface area is 97.8 Å². The summed E-state index contributed by atoms with van der Waals surface area (Å²) in [6.45, 7) is 1.84. The number of hydrogen-bond donors (Lipinski definition) is 2. The van der Waals surface area contributed by atoms with E-state index in [1.54, 1.807) is 0 Å². The molecule has 16 heavy (non-hydrogen) atoms. The SMILES string of the molecule is NCCCCS(=O)(=O)NCCC1CCCO1. The van der Waals surface area contributed by atoms with Gasteiger partial charge in [-0.05, 0) is 38.6 Å². The maximum absolute atomic E-state index is 11.5. The molecule has 3 N–H and O–H groups in total. The van der Waals surface area contributed by atoms with Gasteiger partial charge in [-0.15, -0.1) is 0 Å². The zero-order chi connectivity index (χ0) is 11.9. The van der Waals surface area contributed by atoms with Gasteiger partial charge in [0.1, 0.15) is 0 Å². The van der Waals surface area contributed by atoms with Crippen LogP contribution in [0.1, 0.15) is 32.1 Å². The predicted molar refractivity (Wildman–Crippen MR) is 63.7 cm³/mol. The van der Waals surface area contributed by atoms with Crippen molar-refractivity contribution in [2.75, 3.05) is 25.4 Å². The number of nitrogens with one attached hydrogen (secondary N) is 1. The lowest BCUT2D eigenvalue weighted by molar-refractivity contribution is 0.105. The standard InChI is InChI=1S/C10H22N2O3S/c11-6-1-2-9-16(13,14)12-7-5-10-4-3-8-15-10/h10,12H,1-9,11H2. The average Bonchev–Trinajstić information content (AvgIpc) is 2.70. The smallest absolute Gasteiger partial charge is 0.211 e. The Morgan fingerprint density at radius 3 is 2.81 bits per heavy atom. The Bertz CT molecular complexity index is 274. The molecule has 5 nitrogen and oxygen atoms in total. The van der Waals surface area contributed by atoms with Crippen molar-refractivity contribution in [2.24, 2.45) is 5.73 Å². The van der Waals surface area contributed by atoms with Crippen LogP contribution in [0.2, 0.25) is 0 Å². The Kier molecular flexibility index (Phi) is 6.26. The largest absolute Gasteiger partial charge is 0.378 e. The van der Waals surface area contributed by atoms with Crippen molar-refractivity contribution in [2.45, 2.75) is 38.2 Å². The van der Waals surface area contributed by atoms with E-state index in [2.05, 4.69) is 4.72 Å². The second-order valence-electron chi connectivity index (χ2n) is 4.13. The molecule has 0 aromatic heterocycles. The fraction of sp³-hybridized carbons (Fsp3) is 1.00. The molecule has 0 aromatic carbocycles. The van der Waals surface area contributed by atoms with Gasteiger partial charge in [0.25, 0.3) is 0 Å². The Balaban J connectivity index is 2.09. The van der Waals surface area contributed by atoms with Crippen molar-refractivity contribution in [3.05, 3.63) is 0 Å². The molecule has 1 heterocycles. The van der Waals surface area contributed by atoms with Gasteiger partial charge in [-0.2, -0.15) is 0 Å². The third-order valence-electron chi connectivity index (χ3n) is 2.68. The molecule has 1 saturated heterocycles. The van der Waals surface area contributed by atoms with E-state index >= 15 is 0 Å². The summed E-state index contributed by atoms with van der Waals surface area (Å²) in [6.07, 6.45) is 4.55. The molecule has 1 fully saturated rings. The Hall–Kier alpha value is -0.170. The van der Waals surface area contributed by atoms with Crippen LogP contribution < -0.4 is 10.5 Å². The molecule has 96 valence electrons. The molecule has 1 aliphatic heterocycles. The topological polar surface area (TPSA) is 81.4 Å². The third kappa shape index (κ3) is 5.79. The van der Waals surface area contributed by atoms with Gasteiger partial charge in [-0.25, -0.2) is 13.1 Å². The highest BCUT2D eigenvalue weighted by molar-refractivity contribution is 7.89. The fourth-order valence-corrected chi connectivity index (χ4v) is 2.91. The van der Waals surface area contributed by atoms with Crippen LogP contribution in [0.25, 0.3) is 0 Å². The molecule has 0 radical (unpaired) electrons. The van der Waals surface area contributed by atoms with Crippen LogP contribution in [-0.2, 0) is 14.8 Å². The van der Waals surface area contributed by atoms with Gasteiger partial charge in [0.2, 0.25) is 10.0 Å². The number of nitrogens with two attached hydrogens (primary N) is 1. The third-order valence-corrected chi connectivity index (χ3v) is 4.15. The van der Waals surface area contributed by atoms with E-state index < -0.39 is 10.0 Å². The number of ether oxygens (including phenoxy) is 1. The summed E-state index contributed by atoms with van der Waals surface area (Å²) in [5, 5.41) is 0. The van der Waals surface area contributed by atoms with E-state index in [1.165, 1.54) is 0 Å². The molecule has 0 aromatic rings. The van der Waals surface area contributed by atoms with Gasteiger partial charge < -0.3 is 10.5 Å². The fourth-order valence-electron chi connectivity index (χ4n) is 1.76. The summed E-state index contributed by atoms with van der Waals surface area (Å²) in [6, 6.07) is 0. The Morgan fingerprint density at radius 2 is 2.19 bits per heavy atom. The highest BCUT2D eigenvalue weighted by atomic mass is 32.2. The van der Waals surface area contributed by atoms with Gasteiger partial charge in [0, 0.05) is 13.2 Å². The number of hydrogen-bond acceptors (Lipinski definition) is 4. The van der Waals surface area contributed by atoms with Crippen LogP contribution in [0, 0.1) is 0 Å². The van der Waals surface area contributed by atoms with Crippen molar-refractivity contribution in [1.82, 2.24) is 4.72 Å². The second kappa shape index (κ2) is 7.21. The maximum atomic E-state index is 11.5. The molecule has 0 aliphatic carbocycles. The van der Waals surface area contributed by atoms with E-state index in [0.717, 1.165) is 32.3 Å². The van der Waals surface area contributed by atoms with E-state index in [9.17, 15) is 8.42 Å². The maximum Gasteiger partial charge on any atom is 0.211 e. The van der Waals surface area contributed by atoms with E-state index in [1.807, 2.05) is 0 Å². The summed E-state index contributed by atoms with van der Waals surface area (Å²) >= 11 is 0. The minimum Gasteiger partial charge on any atom is -0.378 e. The normalized spacial score (nSPS) is 21.4. The lowest BCUT2D eigenvalue weighted by Crippen LogP contribution is -2.29. The molecule has 1 aliphatic rings. The summed E-state index contributed by atoms with van der Waals surface area (Å²) in [5.41, 5.74) is 5.31. The molecule has 1 rings (SSSR count). The molecule has 0 saturated carbocycles. The average molecular weight is 250 g/mol. The van der Waals surface area contributed by atoms with Gasteiger partial charge in [0.15, 0.2) is 0 Å². The monoisotopic (exact) mass is 250 g/mol. The van der Waals surface area contributed by atoms with E-state index in [4.69, 9.17) is 10.5 Å². The molecule has 1 atom stereocenters. The van der Waals surface area contributed by atoms with E-state index in [-0.39, 0.29) is 11.9 Å². The second-order valence-corrected chi connectivity index (χ2v) is 6.06. The number of rotatable bonds is 8. The minimum absolute atomic E-state index is 0.176. The molecule has 6 heteroatoms. The lowest BCUT2D eigenvalue weighted by Gasteiger charge is -2.10. The first kappa shape index (κ1) is 13.9. The van der Waals surface area contributed by atoms with Gasteiger partial charge in [-0.3, -0.25) is 0 Å². The summed E-state index contributed by atoms with van der Waals surface area (Å²) < 4.78 is 31.0. The zero-order valence-electron chi connectivity index (χ0n) is 9.65.